The first-order valence-electron chi connectivity index (χ1n) is 6.96. The highest BCUT2D eigenvalue weighted by Crippen LogP contribution is 2.20. The predicted octanol–water partition coefficient (Wildman–Crippen LogP) is 2.91. The van der Waals surface area contributed by atoms with Crippen molar-refractivity contribution in [2.24, 2.45) is 14.1 Å². The number of thioether (sulfide) groups is 1. The number of benzene rings is 1. The van der Waals surface area contributed by atoms with Gasteiger partial charge in [-0.05, 0) is 34.7 Å². The van der Waals surface area contributed by atoms with Crippen LogP contribution >= 0.6 is 46.6 Å². The fraction of sp³-hybridized carbons (Fsp3) is 0.200. The van der Waals surface area contributed by atoms with Crippen molar-refractivity contribution in [3.8, 4) is 0 Å². The lowest BCUT2D eigenvalue weighted by molar-refractivity contribution is 0.102. The molecule has 0 unspecified atom stereocenters. The van der Waals surface area contributed by atoms with Crippen LogP contribution < -0.4 is 5.69 Å². The number of ketones is 1. The third-order valence-electron chi connectivity index (χ3n) is 3.58. The van der Waals surface area contributed by atoms with Gasteiger partial charge in [-0.25, -0.2) is 9.78 Å². The minimum Gasteiger partial charge on any atom is -0.329 e. The van der Waals surface area contributed by atoms with Crippen molar-refractivity contribution in [1.82, 2.24) is 19.1 Å². The lowest BCUT2D eigenvalue weighted by Gasteiger charge is -2.02. The fourth-order valence-electron chi connectivity index (χ4n) is 2.23. The van der Waals surface area contributed by atoms with Gasteiger partial charge in [0.25, 0.3) is 0 Å². The van der Waals surface area contributed by atoms with Crippen LogP contribution in [0.15, 0.2) is 34.2 Å². The minimum atomic E-state index is -0.231. The topological polar surface area (TPSA) is 72.7 Å². The Kier molecular flexibility index (Phi) is 4.92. The van der Waals surface area contributed by atoms with Gasteiger partial charge in [0.1, 0.15) is 10.2 Å². The van der Waals surface area contributed by atoms with Gasteiger partial charge >= 0.3 is 5.69 Å². The molecule has 0 aliphatic rings. The van der Waals surface area contributed by atoms with E-state index in [1.54, 1.807) is 14.1 Å². The van der Waals surface area contributed by atoms with Gasteiger partial charge in [0.15, 0.2) is 16.6 Å². The number of nitrogens with zero attached hydrogens (tertiary/aromatic N) is 3. The summed E-state index contributed by atoms with van der Waals surface area (Å²) in [5.41, 5.74) is 1.55. The normalized spacial score (nSPS) is 11.1. The van der Waals surface area contributed by atoms with Crippen molar-refractivity contribution >= 4 is 63.5 Å². The number of aromatic nitrogens is 4. The molecule has 124 valence electrons. The molecule has 0 bridgehead atoms. The molecule has 1 N–H and O–H groups in total. The lowest BCUT2D eigenvalue weighted by Crippen LogP contribution is -2.27. The molecule has 6 nitrogen and oxygen atoms in total. The van der Waals surface area contributed by atoms with Crippen molar-refractivity contribution in [2.45, 2.75) is 5.16 Å². The molecule has 0 atom stereocenters. The molecule has 0 amide bonds. The van der Waals surface area contributed by atoms with Crippen molar-refractivity contribution in [2.75, 3.05) is 5.75 Å². The van der Waals surface area contributed by atoms with E-state index in [4.69, 9.17) is 12.2 Å². The van der Waals surface area contributed by atoms with E-state index in [0.717, 1.165) is 3.57 Å². The van der Waals surface area contributed by atoms with Crippen LogP contribution in [-0.2, 0) is 14.1 Å². The molecule has 24 heavy (non-hydrogen) atoms. The molecular weight excluding hydrogens is 459 g/mol. The Labute approximate surface area is 160 Å². The third kappa shape index (κ3) is 3.20. The third-order valence-corrected chi connectivity index (χ3v) is 5.65. The van der Waals surface area contributed by atoms with E-state index in [1.165, 1.54) is 20.9 Å². The first-order chi connectivity index (χ1) is 11.4. The van der Waals surface area contributed by atoms with E-state index in [-0.39, 0.29) is 17.2 Å². The summed E-state index contributed by atoms with van der Waals surface area (Å²) in [5, 5.41) is 0.566. The highest BCUT2D eigenvalue weighted by atomic mass is 127. The molecule has 0 saturated carbocycles. The summed E-state index contributed by atoms with van der Waals surface area (Å²) >= 11 is 8.77. The number of Topliss-reactive ketones (excluding diaryl/α,β-unsaturated/α-hetero) is 1. The summed E-state index contributed by atoms with van der Waals surface area (Å²) in [6, 6.07) is 7.43. The summed E-state index contributed by atoms with van der Waals surface area (Å²) < 4.78 is 4.31. The number of hydrogen-bond donors (Lipinski definition) is 1. The number of aromatic amines is 1. The quantitative estimate of drug-likeness (QED) is 0.274. The van der Waals surface area contributed by atoms with E-state index in [9.17, 15) is 9.59 Å². The van der Waals surface area contributed by atoms with Gasteiger partial charge in [0.2, 0.25) is 0 Å². The maximum absolute atomic E-state index is 12.2. The number of halogens is 1. The standard InChI is InChI=1S/C15H13IN4O2S2/c1-19-12-11(13(23)20(2)15(19)22)17-14(18-12)24-7-10(21)8-3-5-9(16)6-4-8/h3-6H,7H2,1-2H3,(H,17,18). The van der Waals surface area contributed by atoms with Gasteiger partial charge in [0.05, 0.1) is 5.75 Å². The van der Waals surface area contributed by atoms with E-state index >= 15 is 0 Å². The Morgan fingerprint density at radius 2 is 1.96 bits per heavy atom. The molecule has 0 radical (unpaired) electrons. The molecule has 9 heteroatoms. The molecule has 0 saturated heterocycles. The number of aryl methyl sites for hydroxylation is 1. The van der Waals surface area contributed by atoms with Gasteiger partial charge in [-0.15, -0.1) is 0 Å². The summed E-state index contributed by atoms with van der Waals surface area (Å²) in [5.74, 6) is 0.280. The highest BCUT2D eigenvalue weighted by molar-refractivity contribution is 14.1. The fourth-order valence-corrected chi connectivity index (χ4v) is 3.57. The molecule has 3 rings (SSSR count). The number of nitrogens with one attached hydrogen (secondary N) is 1. The first kappa shape index (κ1) is 17.4. The number of imidazole rings is 1. The molecule has 0 spiro atoms. The van der Waals surface area contributed by atoms with Crippen molar-refractivity contribution in [3.63, 3.8) is 0 Å². The summed E-state index contributed by atoms with van der Waals surface area (Å²) in [6.45, 7) is 0. The Hall–Kier alpha value is -1.46. The van der Waals surface area contributed by atoms with Gasteiger partial charge in [-0.2, -0.15) is 0 Å². The molecule has 2 aromatic heterocycles. The molecule has 0 aliphatic carbocycles. The number of carbonyl (C=O) groups is 1. The number of H-pyrrole nitrogens is 1. The van der Waals surface area contributed by atoms with E-state index in [0.29, 0.717) is 26.5 Å². The molecule has 1 aromatic carbocycles. The second-order valence-corrected chi connectivity index (χ2v) is 7.76. The Balaban J connectivity index is 1.86. The van der Waals surface area contributed by atoms with E-state index < -0.39 is 0 Å². The average Bonchev–Trinajstić information content (AvgIpc) is 3.01. The van der Waals surface area contributed by atoms with E-state index in [1.807, 2.05) is 24.3 Å². The largest absolute Gasteiger partial charge is 0.330 e. The van der Waals surface area contributed by atoms with Crippen LogP contribution in [0.3, 0.4) is 0 Å². The van der Waals surface area contributed by atoms with Crippen LogP contribution in [0.2, 0.25) is 0 Å². The van der Waals surface area contributed by atoms with Gasteiger partial charge in [0, 0.05) is 23.2 Å². The monoisotopic (exact) mass is 472 g/mol. The van der Waals surface area contributed by atoms with Crippen molar-refractivity contribution < 1.29 is 4.79 Å². The zero-order valence-corrected chi connectivity index (χ0v) is 16.7. The first-order valence-corrected chi connectivity index (χ1v) is 9.43. The number of rotatable bonds is 4. The van der Waals surface area contributed by atoms with Gasteiger partial charge in [-0.3, -0.25) is 13.9 Å². The predicted molar refractivity (Wildman–Crippen MR) is 105 cm³/mol. The molecule has 2 heterocycles. The SMILES string of the molecule is Cn1c(=S)c2[nH]c(SCC(=O)c3ccc(I)cc3)nc2n(C)c1=O. The average molecular weight is 472 g/mol. The summed E-state index contributed by atoms with van der Waals surface area (Å²) in [7, 11) is 3.27. The highest BCUT2D eigenvalue weighted by Gasteiger charge is 2.13. The van der Waals surface area contributed by atoms with Gasteiger partial charge < -0.3 is 4.98 Å². The zero-order valence-electron chi connectivity index (χ0n) is 12.9. The molecule has 0 aliphatic heterocycles. The summed E-state index contributed by atoms with van der Waals surface area (Å²) in [6.07, 6.45) is 0. The Morgan fingerprint density at radius 3 is 2.62 bits per heavy atom. The molecule has 0 fully saturated rings. The van der Waals surface area contributed by atoms with Crippen LogP contribution in [0.25, 0.3) is 11.2 Å². The zero-order chi connectivity index (χ0) is 17.4. The Bertz CT molecular complexity index is 1050. The maximum atomic E-state index is 12.2. The van der Waals surface area contributed by atoms with Crippen LogP contribution in [0.5, 0.6) is 0 Å². The van der Waals surface area contributed by atoms with Crippen LogP contribution in [-0.4, -0.2) is 30.6 Å². The number of carbonyl (C=O) groups excluding carboxylic acids is 1. The smallest absolute Gasteiger partial charge is 0.329 e. The van der Waals surface area contributed by atoms with Gasteiger partial charge in [-0.1, -0.05) is 36.1 Å². The molecular formula is C15H13IN4O2S2. The second kappa shape index (κ2) is 6.81. The lowest BCUT2D eigenvalue weighted by atomic mass is 10.2. The van der Waals surface area contributed by atoms with Crippen molar-refractivity contribution in [3.05, 3.63) is 48.5 Å². The maximum Gasteiger partial charge on any atom is 0.330 e. The van der Waals surface area contributed by atoms with Crippen LogP contribution in [0.4, 0.5) is 0 Å². The molecule has 3 aromatic rings. The second-order valence-electron chi connectivity index (χ2n) is 5.17. The number of fused-ring (bicyclic) bond motifs is 1. The minimum absolute atomic E-state index is 0.0231. The number of hydrogen-bond acceptors (Lipinski definition) is 5. The van der Waals surface area contributed by atoms with E-state index in [2.05, 4.69) is 32.6 Å². The van der Waals surface area contributed by atoms with Crippen LogP contribution in [0, 0.1) is 8.21 Å². The van der Waals surface area contributed by atoms with Crippen molar-refractivity contribution in [1.29, 1.82) is 0 Å². The van der Waals surface area contributed by atoms with Crippen LogP contribution in [0.1, 0.15) is 10.4 Å². The summed E-state index contributed by atoms with van der Waals surface area (Å²) in [4.78, 5) is 31.8. The Morgan fingerprint density at radius 1 is 1.29 bits per heavy atom.